The minimum absolute atomic E-state index is 0.187. The molecular weight excluding hydrogens is 472 g/mol. The van der Waals surface area contributed by atoms with Gasteiger partial charge in [-0.15, -0.1) is 0 Å². The van der Waals surface area contributed by atoms with E-state index in [1.54, 1.807) is 19.1 Å². The Hall–Kier alpha value is -1.94. The van der Waals surface area contributed by atoms with Crippen LogP contribution in [0.3, 0.4) is 0 Å². The number of benzene rings is 2. The molecule has 0 atom stereocenters. The van der Waals surface area contributed by atoms with Crippen molar-refractivity contribution in [1.29, 1.82) is 0 Å². The molecule has 0 aromatic heterocycles. The van der Waals surface area contributed by atoms with Crippen molar-refractivity contribution in [1.82, 2.24) is 4.31 Å². The molecular formula is C21H25BrN2O5S. The van der Waals surface area contributed by atoms with Gasteiger partial charge in [0.1, 0.15) is 5.75 Å². The predicted molar refractivity (Wildman–Crippen MR) is 118 cm³/mol. The number of amides is 1. The molecule has 30 heavy (non-hydrogen) atoms. The number of carbonyl (C=O) groups excluding carboxylic acids is 1. The van der Waals surface area contributed by atoms with E-state index >= 15 is 0 Å². The number of sulfonamides is 1. The Bertz CT molecular complexity index is 973. The van der Waals surface area contributed by atoms with Crippen LogP contribution in [0.15, 0.2) is 51.8 Å². The Balaban J connectivity index is 1.55. The number of anilines is 1. The third-order valence-electron chi connectivity index (χ3n) is 4.69. The van der Waals surface area contributed by atoms with Gasteiger partial charge < -0.3 is 14.8 Å². The number of carbonyl (C=O) groups is 1. The Morgan fingerprint density at radius 2 is 1.87 bits per heavy atom. The van der Waals surface area contributed by atoms with Crippen LogP contribution in [0.25, 0.3) is 0 Å². The van der Waals surface area contributed by atoms with Crippen molar-refractivity contribution < 1.29 is 22.7 Å². The lowest BCUT2D eigenvalue weighted by Crippen LogP contribution is -2.40. The molecule has 162 valence electrons. The van der Waals surface area contributed by atoms with Crippen LogP contribution in [-0.2, 0) is 19.6 Å². The molecule has 2 aromatic rings. The van der Waals surface area contributed by atoms with E-state index in [4.69, 9.17) is 9.47 Å². The molecule has 0 saturated carbocycles. The summed E-state index contributed by atoms with van der Waals surface area (Å²) in [5, 5.41) is 2.78. The van der Waals surface area contributed by atoms with Gasteiger partial charge in [-0.05, 0) is 55.3 Å². The molecule has 1 amide bonds. The molecule has 7 nitrogen and oxygen atoms in total. The Kier molecular flexibility index (Phi) is 7.87. The quantitative estimate of drug-likeness (QED) is 0.564. The third-order valence-corrected chi connectivity index (χ3v) is 7.26. The lowest BCUT2D eigenvalue weighted by Gasteiger charge is -2.26. The number of halogens is 1. The van der Waals surface area contributed by atoms with Crippen molar-refractivity contribution in [2.24, 2.45) is 0 Å². The van der Waals surface area contributed by atoms with Gasteiger partial charge in [0.2, 0.25) is 15.9 Å². The molecule has 0 unspecified atom stereocenters. The van der Waals surface area contributed by atoms with Crippen LogP contribution in [0, 0.1) is 6.92 Å². The van der Waals surface area contributed by atoms with E-state index in [1.807, 2.05) is 24.3 Å². The third kappa shape index (κ3) is 6.04. The first-order valence-electron chi connectivity index (χ1n) is 9.73. The van der Waals surface area contributed by atoms with E-state index < -0.39 is 10.0 Å². The van der Waals surface area contributed by atoms with Crippen molar-refractivity contribution in [3.8, 4) is 5.75 Å². The Morgan fingerprint density at radius 3 is 2.57 bits per heavy atom. The Morgan fingerprint density at radius 1 is 1.17 bits per heavy atom. The summed E-state index contributed by atoms with van der Waals surface area (Å²) >= 11 is 3.37. The smallest absolute Gasteiger partial charge is 0.243 e. The largest absolute Gasteiger partial charge is 0.494 e. The molecule has 1 aliphatic heterocycles. The second kappa shape index (κ2) is 10.4. The first-order chi connectivity index (χ1) is 14.4. The van der Waals surface area contributed by atoms with Crippen LogP contribution in [0.5, 0.6) is 5.75 Å². The first kappa shape index (κ1) is 22.7. The fraction of sp³-hybridized carbons (Fsp3) is 0.381. The van der Waals surface area contributed by atoms with Gasteiger partial charge in [0, 0.05) is 29.7 Å². The molecule has 3 rings (SSSR count). The normalized spacial score (nSPS) is 15.0. The van der Waals surface area contributed by atoms with Crippen LogP contribution in [-0.4, -0.2) is 51.5 Å². The average Bonchev–Trinajstić information content (AvgIpc) is 2.74. The van der Waals surface area contributed by atoms with Gasteiger partial charge in [-0.25, -0.2) is 8.42 Å². The van der Waals surface area contributed by atoms with E-state index in [0.717, 1.165) is 10.2 Å². The standard InChI is InChI=1S/C21H25BrN2O5S/c1-16-4-7-18(15-20(16)30(26,27)24-10-13-28-14-11-24)23-21(25)3-2-12-29-19-8-5-17(22)6-9-19/h4-9,15H,2-3,10-14H2,1H3,(H,23,25). The van der Waals surface area contributed by atoms with Crippen LogP contribution in [0.4, 0.5) is 5.69 Å². The van der Waals surface area contributed by atoms with Gasteiger partial charge in [0.15, 0.2) is 0 Å². The summed E-state index contributed by atoms with van der Waals surface area (Å²) in [7, 11) is -3.63. The highest BCUT2D eigenvalue weighted by Gasteiger charge is 2.28. The maximum Gasteiger partial charge on any atom is 0.243 e. The fourth-order valence-corrected chi connectivity index (χ4v) is 4.98. The number of aryl methyl sites for hydroxylation is 1. The minimum atomic E-state index is -3.63. The summed E-state index contributed by atoms with van der Waals surface area (Å²) in [6, 6.07) is 12.4. The lowest BCUT2D eigenvalue weighted by atomic mass is 10.2. The van der Waals surface area contributed by atoms with Crippen LogP contribution in [0.1, 0.15) is 18.4 Å². The van der Waals surface area contributed by atoms with Gasteiger partial charge in [-0.1, -0.05) is 22.0 Å². The maximum atomic E-state index is 13.0. The number of rotatable bonds is 8. The molecule has 1 N–H and O–H groups in total. The average molecular weight is 497 g/mol. The zero-order valence-electron chi connectivity index (χ0n) is 16.8. The predicted octanol–water partition coefficient (Wildman–Crippen LogP) is 3.58. The number of nitrogens with zero attached hydrogens (tertiary/aromatic N) is 1. The molecule has 0 radical (unpaired) electrons. The van der Waals surface area contributed by atoms with E-state index in [1.165, 1.54) is 10.4 Å². The summed E-state index contributed by atoms with van der Waals surface area (Å²) < 4.78 is 39.2. The highest BCUT2D eigenvalue weighted by atomic mass is 79.9. The molecule has 0 aliphatic carbocycles. The molecule has 2 aromatic carbocycles. The van der Waals surface area contributed by atoms with Crippen LogP contribution in [0.2, 0.25) is 0 Å². The highest BCUT2D eigenvalue weighted by Crippen LogP contribution is 2.24. The SMILES string of the molecule is Cc1ccc(NC(=O)CCCOc2ccc(Br)cc2)cc1S(=O)(=O)N1CCOCC1. The zero-order valence-corrected chi connectivity index (χ0v) is 19.2. The second-order valence-corrected chi connectivity index (χ2v) is 9.77. The summed E-state index contributed by atoms with van der Waals surface area (Å²) in [5.74, 6) is 0.558. The van der Waals surface area contributed by atoms with E-state index in [0.29, 0.717) is 50.6 Å². The second-order valence-electron chi connectivity index (χ2n) is 6.95. The number of nitrogens with one attached hydrogen (secondary N) is 1. The molecule has 1 heterocycles. The molecule has 1 aliphatic rings. The number of morpholine rings is 1. The van der Waals surface area contributed by atoms with Crippen molar-refractivity contribution in [2.75, 3.05) is 38.2 Å². The zero-order chi connectivity index (χ0) is 21.6. The van der Waals surface area contributed by atoms with Gasteiger partial charge in [0.05, 0.1) is 24.7 Å². The van der Waals surface area contributed by atoms with Gasteiger partial charge in [-0.3, -0.25) is 4.79 Å². The van der Waals surface area contributed by atoms with Crippen molar-refractivity contribution in [3.05, 3.63) is 52.5 Å². The van der Waals surface area contributed by atoms with Gasteiger partial charge in [-0.2, -0.15) is 4.31 Å². The summed E-state index contributed by atoms with van der Waals surface area (Å²) in [4.78, 5) is 12.5. The van der Waals surface area contributed by atoms with Crippen molar-refractivity contribution in [2.45, 2.75) is 24.7 Å². The topological polar surface area (TPSA) is 84.9 Å². The number of hydrogen-bond donors (Lipinski definition) is 1. The van der Waals surface area contributed by atoms with Crippen molar-refractivity contribution in [3.63, 3.8) is 0 Å². The summed E-state index contributed by atoms with van der Waals surface area (Å²) in [5.41, 5.74) is 1.11. The number of hydrogen-bond acceptors (Lipinski definition) is 5. The molecule has 0 bridgehead atoms. The summed E-state index contributed by atoms with van der Waals surface area (Å²) in [6.45, 7) is 3.60. The van der Waals surface area contributed by atoms with E-state index in [-0.39, 0.29) is 17.2 Å². The maximum absolute atomic E-state index is 13.0. The molecule has 0 spiro atoms. The fourth-order valence-electron chi connectivity index (χ4n) is 3.06. The lowest BCUT2D eigenvalue weighted by molar-refractivity contribution is -0.116. The summed E-state index contributed by atoms with van der Waals surface area (Å²) in [6.07, 6.45) is 0.822. The van der Waals surface area contributed by atoms with Crippen LogP contribution >= 0.6 is 15.9 Å². The first-order valence-corrected chi connectivity index (χ1v) is 12.0. The van der Waals surface area contributed by atoms with Gasteiger partial charge in [0.25, 0.3) is 0 Å². The highest BCUT2D eigenvalue weighted by molar-refractivity contribution is 9.10. The van der Waals surface area contributed by atoms with E-state index in [9.17, 15) is 13.2 Å². The Labute approximate surface area is 185 Å². The monoisotopic (exact) mass is 496 g/mol. The number of ether oxygens (including phenoxy) is 2. The minimum Gasteiger partial charge on any atom is -0.494 e. The van der Waals surface area contributed by atoms with E-state index in [2.05, 4.69) is 21.2 Å². The molecule has 1 saturated heterocycles. The van der Waals surface area contributed by atoms with Gasteiger partial charge >= 0.3 is 0 Å². The molecule has 9 heteroatoms. The van der Waals surface area contributed by atoms with Crippen molar-refractivity contribution >= 4 is 37.5 Å². The molecule has 1 fully saturated rings. The van der Waals surface area contributed by atoms with Crippen LogP contribution < -0.4 is 10.1 Å².